The van der Waals surface area contributed by atoms with Gasteiger partial charge in [0.25, 0.3) is 0 Å². The second-order valence-electron chi connectivity index (χ2n) is 7.41. The van der Waals surface area contributed by atoms with Gasteiger partial charge in [0.15, 0.2) is 0 Å². The van der Waals surface area contributed by atoms with Crippen molar-refractivity contribution < 1.29 is 0 Å². The minimum atomic E-state index is -0.00978. The van der Waals surface area contributed by atoms with Crippen LogP contribution in [0.3, 0.4) is 0 Å². The Morgan fingerprint density at radius 3 is 2.82 bits per heavy atom. The number of aryl methyl sites for hydroxylation is 1. The number of fused-ring (bicyclic) bond motifs is 1. The zero-order chi connectivity index (χ0) is 20.1. The highest BCUT2D eigenvalue weighted by Gasteiger charge is 2.21. The molecule has 0 spiro atoms. The lowest BCUT2D eigenvalue weighted by Crippen LogP contribution is -2.22. The molecule has 1 atom stereocenters. The molecule has 3 rings (SSSR count). The number of pyridine rings is 1. The van der Waals surface area contributed by atoms with Crippen molar-refractivity contribution in [2.24, 2.45) is 5.92 Å². The van der Waals surface area contributed by atoms with Crippen molar-refractivity contribution in [1.82, 2.24) is 19.9 Å². The van der Waals surface area contributed by atoms with Crippen molar-refractivity contribution in [3.8, 4) is 6.07 Å². The monoisotopic (exact) mass is 376 g/mol. The first-order chi connectivity index (χ1) is 13.5. The summed E-state index contributed by atoms with van der Waals surface area (Å²) in [5.41, 5.74) is 4.14. The second kappa shape index (κ2) is 8.83. The standard InChI is InChI=1S/C22H28N6/c1-5-11-27(3)21-13-19(25-16(2)26-21)15-28(4)20-9-8-17(14-23)12-18-7-6-10-24-22(18)20/h6-7,9-10,13,17H,5,8,11-12,15H2,1-4H3. The third-order valence-corrected chi connectivity index (χ3v) is 5.02. The summed E-state index contributed by atoms with van der Waals surface area (Å²) in [7, 11) is 4.12. The van der Waals surface area contributed by atoms with Gasteiger partial charge in [-0.15, -0.1) is 0 Å². The molecule has 1 aliphatic carbocycles. The smallest absolute Gasteiger partial charge is 0.132 e. The van der Waals surface area contributed by atoms with Gasteiger partial charge in [-0.05, 0) is 37.8 Å². The summed E-state index contributed by atoms with van der Waals surface area (Å²) in [6.07, 6.45) is 6.51. The summed E-state index contributed by atoms with van der Waals surface area (Å²) in [5.74, 6) is 1.72. The first-order valence-electron chi connectivity index (χ1n) is 9.82. The van der Waals surface area contributed by atoms with Gasteiger partial charge in [-0.25, -0.2) is 9.97 Å². The zero-order valence-corrected chi connectivity index (χ0v) is 17.2. The molecule has 0 bridgehead atoms. The quantitative estimate of drug-likeness (QED) is 0.767. The molecule has 2 heterocycles. The lowest BCUT2D eigenvalue weighted by molar-refractivity contribution is 0.463. The molecule has 0 amide bonds. The molecule has 0 saturated carbocycles. The van der Waals surface area contributed by atoms with E-state index in [2.05, 4.69) is 70.0 Å². The number of anilines is 1. The molecule has 2 aromatic heterocycles. The van der Waals surface area contributed by atoms with E-state index in [4.69, 9.17) is 0 Å². The highest BCUT2D eigenvalue weighted by molar-refractivity contribution is 5.64. The first-order valence-corrected chi connectivity index (χ1v) is 9.82. The topological polar surface area (TPSA) is 68.9 Å². The predicted molar refractivity (Wildman–Crippen MR) is 111 cm³/mol. The van der Waals surface area contributed by atoms with E-state index in [0.717, 1.165) is 60.1 Å². The van der Waals surface area contributed by atoms with Crippen LogP contribution in [0.25, 0.3) is 5.70 Å². The van der Waals surface area contributed by atoms with E-state index in [0.29, 0.717) is 6.54 Å². The van der Waals surface area contributed by atoms with Gasteiger partial charge in [0, 0.05) is 32.9 Å². The minimum Gasteiger partial charge on any atom is -0.367 e. The normalized spacial score (nSPS) is 15.8. The highest BCUT2D eigenvalue weighted by Crippen LogP contribution is 2.29. The summed E-state index contributed by atoms with van der Waals surface area (Å²) in [6.45, 7) is 5.72. The van der Waals surface area contributed by atoms with Crippen LogP contribution in [-0.2, 0) is 13.0 Å². The van der Waals surface area contributed by atoms with Crippen LogP contribution in [0.5, 0.6) is 0 Å². The molecule has 6 nitrogen and oxygen atoms in total. The number of rotatable bonds is 6. The summed E-state index contributed by atoms with van der Waals surface area (Å²) in [6, 6.07) is 8.50. The van der Waals surface area contributed by atoms with E-state index < -0.39 is 0 Å². The Hall–Kier alpha value is -2.94. The summed E-state index contributed by atoms with van der Waals surface area (Å²) in [5, 5.41) is 9.42. The SMILES string of the molecule is CCCN(C)c1cc(CN(C)C2=CCC(C#N)Cc3cccnc32)nc(C)n1. The maximum absolute atomic E-state index is 9.42. The van der Waals surface area contributed by atoms with Crippen molar-refractivity contribution in [2.75, 3.05) is 25.5 Å². The predicted octanol–water partition coefficient (Wildman–Crippen LogP) is 3.59. The lowest BCUT2D eigenvalue weighted by atomic mass is 9.99. The molecule has 28 heavy (non-hydrogen) atoms. The van der Waals surface area contributed by atoms with Gasteiger partial charge in [-0.1, -0.05) is 19.1 Å². The van der Waals surface area contributed by atoms with Crippen LogP contribution in [0.2, 0.25) is 0 Å². The molecule has 0 N–H and O–H groups in total. The summed E-state index contributed by atoms with van der Waals surface area (Å²) in [4.78, 5) is 18.2. The Morgan fingerprint density at radius 1 is 1.25 bits per heavy atom. The fourth-order valence-corrected chi connectivity index (χ4v) is 3.64. The van der Waals surface area contributed by atoms with E-state index >= 15 is 0 Å². The van der Waals surface area contributed by atoms with Crippen LogP contribution >= 0.6 is 0 Å². The van der Waals surface area contributed by atoms with Gasteiger partial charge in [-0.3, -0.25) is 4.98 Å². The van der Waals surface area contributed by atoms with Crippen molar-refractivity contribution in [1.29, 1.82) is 5.26 Å². The molecular formula is C22H28N6. The fraction of sp³-hybridized carbons (Fsp3) is 0.455. The number of hydrogen-bond acceptors (Lipinski definition) is 6. The van der Waals surface area contributed by atoms with Gasteiger partial charge >= 0.3 is 0 Å². The second-order valence-corrected chi connectivity index (χ2v) is 7.41. The van der Waals surface area contributed by atoms with Crippen molar-refractivity contribution >= 4 is 11.5 Å². The van der Waals surface area contributed by atoms with Crippen molar-refractivity contribution in [2.45, 2.75) is 39.7 Å². The van der Waals surface area contributed by atoms with E-state index in [1.165, 1.54) is 0 Å². The molecule has 146 valence electrons. The van der Waals surface area contributed by atoms with Crippen LogP contribution < -0.4 is 4.90 Å². The molecule has 2 aromatic rings. The van der Waals surface area contributed by atoms with E-state index in [9.17, 15) is 5.26 Å². The molecule has 6 heteroatoms. The Labute approximate surface area is 167 Å². The molecule has 1 unspecified atom stereocenters. The van der Waals surface area contributed by atoms with Gasteiger partial charge < -0.3 is 9.80 Å². The minimum absolute atomic E-state index is 0.00978. The van der Waals surface area contributed by atoms with Gasteiger partial charge in [0.2, 0.25) is 0 Å². The maximum Gasteiger partial charge on any atom is 0.132 e. The van der Waals surface area contributed by atoms with Crippen LogP contribution in [0.4, 0.5) is 5.82 Å². The van der Waals surface area contributed by atoms with E-state index in [1.54, 1.807) is 0 Å². The third-order valence-electron chi connectivity index (χ3n) is 5.02. The van der Waals surface area contributed by atoms with Gasteiger partial charge in [-0.2, -0.15) is 5.26 Å². The van der Waals surface area contributed by atoms with Crippen molar-refractivity contribution in [3.63, 3.8) is 0 Å². The van der Waals surface area contributed by atoms with E-state index in [-0.39, 0.29) is 5.92 Å². The number of hydrogen-bond donors (Lipinski definition) is 0. The number of nitriles is 1. The highest BCUT2D eigenvalue weighted by atomic mass is 15.2. The van der Waals surface area contributed by atoms with Crippen LogP contribution in [0.15, 0.2) is 30.5 Å². The Balaban J connectivity index is 1.88. The van der Waals surface area contributed by atoms with Gasteiger partial charge in [0.1, 0.15) is 11.6 Å². The van der Waals surface area contributed by atoms with Crippen LogP contribution in [0, 0.1) is 24.2 Å². The average Bonchev–Trinajstić information content (AvgIpc) is 2.87. The maximum atomic E-state index is 9.42. The molecule has 0 aliphatic heterocycles. The first kappa shape index (κ1) is 19.8. The largest absolute Gasteiger partial charge is 0.367 e. The van der Waals surface area contributed by atoms with Crippen molar-refractivity contribution in [3.05, 3.63) is 53.2 Å². The molecule has 0 saturated heterocycles. The Kier molecular flexibility index (Phi) is 6.25. The Bertz CT molecular complexity index is 898. The third kappa shape index (κ3) is 4.48. The zero-order valence-electron chi connectivity index (χ0n) is 17.2. The number of nitrogens with zero attached hydrogens (tertiary/aromatic N) is 6. The lowest BCUT2D eigenvalue weighted by Gasteiger charge is -2.24. The summed E-state index contributed by atoms with van der Waals surface area (Å²) < 4.78 is 0. The fourth-order valence-electron chi connectivity index (χ4n) is 3.64. The average molecular weight is 377 g/mol. The van der Waals surface area contributed by atoms with E-state index in [1.807, 2.05) is 19.2 Å². The van der Waals surface area contributed by atoms with Crippen LogP contribution in [-0.4, -0.2) is 40.5 Å². The van der Waals surface area contributed by atoms with Gasteiger partial charge in [0.05, 0.1) is 35.6 Å². The number of aromatic nitrogens is 3. The summed E-state index contributed by atoms with van der Waals surface area (Å²) >= 11 is 0. The molecule has 0 fully saturated rings. The Morgan fingerprint density at radius 2 is 2.07 bits per heavy atom. The molecular weight excluding hydrogens is 348 g/mol. The number of allylic oxidation sites excluding steroid dienone is 1. The van der Waals surface area contributed by atoms with Crippen LogP contribution in [0.1, 0.15) is 42.5 Å². The molecule has 0 radical (unpaired) electrons. The molecule has 0 aromatic carbocycles. The molecule has 1 aliphatic rings.